The normalized spacial score (nSPS) is 11.8. The van der Waals surface area contributed by atoms with Crippen molar-refractivity contribution in [3.05, 3.63) is 35.5 Å². The third-order valence-electron chi connectivity index (χ3n) is 3.06. The van der Waals surface area contributed by atoms with Crippen molar-refractivity contribution in [2.24, 2.45) is 0 Å². The number of thioether (sulfide) groups is 1. The van der Waals surface area contributed by atoms with Crippen molar-refractivity contribution in [2.45, 2.75) is 44.6 Å². The third kappa shape index (κ3) is 3.54. The number of nitrogen functional groups attached to an aromatic ring is 1. The number of nitrogens with zero attached hydrogens (tertiary/aromatic N) is 3. The minimum absolute atomic E-state index is 0.0396. The maximum absolute atomic E-state index is 5.93. The molecule has 1 heterocycles. The summed E-state index contributed by atoms with van der Waals surface area (Å²) in [5, 5.41) is 8.16. The Morgan fingerprint density at radius 2 is 1.85 bits per heavy atom. The fourth-order valence-corrected chi connectivity index (χ4v) is 2.97. The van der Waals surface area contributed by atoms with Gasteiger partial charge in [-0.15, -0.1) is 16.9 Å². The number of benzene rings is 1. The van der Waals surface area contributed by atoms with Crippen LogP contribution in [-0.2, 0) is 12.0 Å². The average molecular weight is 290 g/mol. The quantitative estimate of drug-likeness (QED) is 0.878. The van der Waals surface area contributed by atoms with Gasteiger partial charge in [0.15, 0.2) is 5.82 Å². The molecule has 2 rings (SSSR count). The van der Waals surface area contributed by atoms with Crippen molar-refractivity contribution in [1.82, 2.24) is 15.0 Å². The Hall–Kier alpha value is -1.49. The summed E-state index contributed by atoms with van der Waals surface area (Å²) in [6.07, 6.45) is 0. The summed E-state index contributed by atoms with van der Waals surface area (Å²) in [5.74, 6) is 1.49. The Balaban J connectivity index is 2.00. The first-order valence-corrected chi connectivity index (χ1v) is 7.75. The molecule has 0 spiro atoms. The second-order valence-corrected chi connectivity index (χ2v) is 7.13. The Kier molecular flexibility index (Phi) is 4.38. The Morgan fingerprint density at radius 3 is 2.45 bits per heavy atom. The summed E-state index contributed by atoms with van der Waals surface area (Å²) in [6, 6.07) is 8.58. The molecule has 0 radical (unpaired) electrons. The van der Waals surface area contributed by atoms with Crippen LogP contribution in [-0.4, -0.2) is 20.7 Å². The molecule has 20 heavy (non-hydrogen) atoms. The molecule has 1 aromatic heterocycles. The van der Waals surface area contributed by atoms with Crippen LogP contribution < -0.4 is 5.73 Å². The summed E-state index contributed by atoms with van der Waals surface area (Å²) >= 11 is 1.82. The molecule has 2 N–H and O–H groups in total. The molecule has 0 bridgehead atoms. The van der Waals surface area contributed by atoms with Crippen LogP contribution in [0.2, 0.25) is 0 Å². The first-order valence-electron chi connectivity index (χ1n) is 6.77. The second kappa shape index (κ2) is 5.87. The van der Waals surface area contributed by atoms with E-state index in [1.165, 1.54) is 10.5 Å². The van der Waals surface area contributed by atoms with Crippen molar-refractivity contribution in [3.8, 4) is 0 Å². The Bertz CT molecular complexity index is 567. The smallest absolute Gasteiger partial charge is 0.169 e. The van der Waals surface area contributed by atoms with Gasteiger partial charge in [0, 0.05) is 16.1 Å². The minimum Gasteiger partial charge on any atom is -0.381 e. The first-order chi connectivity index (χ1) is 9.38. The van der Waals surface area contributed by atoms with E-state index in [1.807, 2.05) is 16.4 Å². The number of aryl methyl sites for hydroxylation is 2. The number of hydrogen-bond donors (Lipinski definition) is 1. The highest BCUT2D eigenvalue weighted by atomic mass is 32.2. The predicted octanol–water partition coefficient (Wildman–Crippen LogP) is 3.26. The Morgan fingerprint density at radius 1 is 1.20 bits per heavy atom. The molecule has 0 fully saturated rings. The van der Waals surface area contributed by atoms with E-state index in [0.29, 0.717) is 5.82 Å². The largest absolute Gasteiger partial charge is 0.381 e. The summed E-state index contributed by atoms with van der Waals surface area (Å²) in [5.41, 5.74) is 8.19. The van der Waals surface area contributed by atoms with Gasteiger partial charge >= 0.3 is 0 Å². The van der Waals surface area contributed by atoms with E-state index in [2.05, 4.69) is 62.3 Å². The van der Waals surface area contributed by atoms with E-state index in [-0.39, 0.29) is 5.41 Å². The predicted molar refractivity (Wildman–Crippen MR) is 85.0 cm³/mol. The number of anilines is 1. The van der Waals surface area contributed by atoms with Crippen molar-refractivity contribution in [1.29, 1.82) is 0 Å². The topological polar surface area (TPSA) is 56.7 Å². The minimum atomic E-state index is -0.0396. The van der Waals surface area contributed by atoms with Crippen LogP contribution in [0.5, 0.6) is 0 Å². The molecule has 0 saturated heterocycles. The van der Waals surface area contributed by atoms with Gasteiger partial charge in [-0.1, -0.05) is 43.7 Å². The van der Waals surface area contributed by atoms with E-state index in [1.54, 1.807) is 0 Å². The molecule has 0 atom stereocenters. The number of rotatable bonds is 4. The average Bonchev–Trinajstić information content (AvgIpc) is 2.73. The van der Waals surface area contributed by atoms with Gasteiger partial charge in [-0.2, -0.15) is 0 Å². The van der Waals surface area contributed by atoms with Crippen molar-refractivity contribution in [3.63, 3.8) is 0 Å². The van der Waals surface area contributed by atoms with E-state index < -0.39 is 0 Å². The van der Waals surface area contributed by atoms with Gasteiger partial charge < -0.3 is 5.73 Å². The van der Waals surface area contributed by atoms with Crippen molar-refractivity contribution in [2.75, 3.05) is 11.5 Å². The number of aromatic nitrogens is 3. The van der Waals surface area contributed by atoms with E-state index >= 15 is 0 Å². The van der Waals surface area contributed by atoms with E-state index in [9.17, 15) is 0 Å². The molecule has 0 saturated carbocycles. The summed E-state index contributed by atoms with van der Waals surface area (Å²) < 4.78 is 1.93. The molecule has 1 aromatic carbocycles. The summed E-state index contributed by atoms with van der Waals surface area (Å²) in [4.78, 5) is 1.28. The lowest BCUT2D eigenvalue weighted by Crippen LogP contribution is -2.20. The van der Waals surface area contributed by atoms with Crippen molar-refractivity contribution >= 4 is 17.6 Å². The summed E-state index contributed by atoms with van der Waals surface area (Å²) in [7, 11) is 0. The zero-order chi connectivity index (χ0) is 14.8. The number of hydrogen-bond acceptors (Lipinski definition) is 4. The molecule has 0 amide bonds. The van der Waals surface area contributed by atoms with Gasteiger partial charge in [0.05, 0.1) is 12.2 Å². The Labute approximate surface area is 124 Å². The van der Waals surface area contributed by atoms with Crippen LogP contribution >= 0.6 is 11.8 Å². The highest BCUT2D eigenvalue weighted by molar-refractivity contribution is 7.99. The molecule has 5 heteroatoms. The molecule has 0 aliphatic rings. The fourth-order valence-electron chi connectivity index (χ4n) is 2.14. The van der Waals surface area contributed by atoms with E-state index in [4.69, 9.17) is 5.73 Å². The van der Waals surface area contributed by atoms with Crippen LogP contribution in [0.15, 0.2) is 29.2 Å². The van der Waals surface area contributed by atoms with Crippen LogP contribution in [0.3, 0.4) is 0 Å². The highest BCUT2D eigenvalue weighted by Crippen LogP contribution is 2.26. The summed E-state index contributed by atoms with van der Waals surface area (Å²) in [6.45, 7) is 9.31. The lowest BCUT2D eigenvalue weighted by molar-refractivity contribution is 0.496. The zero-order valence-electron chi connectivity index (χ0n) is 12.6. The van der Waals surface area contributed by atoms with Gasteiger partial charge in [-0.05, 0) is 19.1 Å². The molecule has 0 aliphatic carbocycles. The van der Waals surface area contributed by atoms with Crippen molar-refractivity contribution < 1.29 is 0 Å². The van der Waals surface area contributed by atoms with Gasteiger partial charge in [-0.25, -0.2) is 4.68 Å². The maximum atomic E-state index is 5.93. The van der Waals surface area contributed by atoms with Gasteiger partial charge in [0.2, 0.25) is 0 Å². The lowest BCUT2D eigenvalue weighted by atomic mass is 9.92. The highest BCUT2D eigenvalue weighted by Gasteiger charge is 2.23. The van der Waals surface area contributed by atoms with Gasteiger partial charge in [-0.3, -0.25) is 0 Å². The van der Waals surface area contributed by atoms with Crippen LogP contribution in [0, 0.1) is 6.92 Å². The SMILES string of the molecule is Cc1ccc(SCCn2nnc(N)c2C(C)(C)C)cc1. The maximum Gasteiger partial charge on any atom is 0.169 e. The molecule has 0 aliphatic heterocycles. The van der Waals surface area contributed by atoms with Gasteiger partial charge in [0.1, 0.15) is 0 Å². The van der Waals surface area contributed by atoms with Gasteiger partial charge in [0.25, 0.3) is 0 Å². The molecule has 108 valence electrons. The monoisotopic (exact) mass is 290 g/mol. The van der Waals surface area contributed by atoms with E-state index in [0.717, 1.165) is 18.0 Å². The molecular formula is C15H22N4S. The fraction of sp³-hybridized carbons (Fsp3) is 0.467. The lowest BCUT2D eigenvalue weighted by Gasteiger charge is -2.20. The zero-order valence-corrected chi connectivity index (χ0v) is 13.4. The number of nitrogens with two attached hydrogens (primary N) is 1. The van der Waals surface area contributed by atoms with Crippen LogP contribution in [0.25, 0.3) is 0 Å². The molecular weight excluding hydrogens is 268 g/mol. The standard InChI is InChI=1S/C15H22N4S/c1-11-5-7-12(8-6-11)20-10-9-19-13(15(2,3)4)14(16)17-18-19/h5-8H,9-10,16H2,1-4H3. The molecule has 2 aromatic rings. The first kappa shape index (κ1) is 14.9. The van der Waals surface area contributed by atoms with Crippen LogP contribution in [0.1, 0.15) is 32.0 Å². The third-order valence-corrected chi connectivity index (χ3v) is 4.06. The molecule has 4 nitrogen and oxygen atoms in total. The second-order valence-electron chi connectivity index (χ2n) is 5.96. The van der Waals surface area contributed by atoms with Crippen LogP contribution in [0.4, 0.5) is 5.82 Å². The molecule has 0 unspecified atom stereocenters.